The van der Waals surface area contributed by atoms with Crippen LogP contribution in [0.5, 0.6) is 0 Å². The molecule has 1 aliphatic rings. The molecule has 92 valence electrons. The standard InChI is InChI=1S/C13H18N2O2/c1-2-11-10-13(17)15(14(11)8-9-16)12-6-4-3-5-7-12/h3-7,11,16H,2,8-10H2,1H3. The summed E-state index contributed by atoms with van der Waals surface area (Å²) in [5.74, 6) is 0.108. The lowest BCUT2D eigenvalue weighted by molar-refractivity contribution is -0.118. The lowest BCUT2D eigenvalue weighted by atomic mass is 10.2. The number of amides is 1. The molecule has 1 N–H and O–H groups in total. The Hall–Kier alpha value is -1.39. The van der Waals surface area contributed by atoms with Gasteiger partial charge in [0.15, 0.2) is 0 Å². The van der Waals surface area contributed by atoms with Crippen LogP contribution in [0.4, 0.5) is 5.69 Å². The van der Waals surface area contributed by atoms with Gasteiger partial charge in [-0.15, -0.1) is 0 Å². The summed E-state index contributed by atoms with van der Waals surface area (Å²) in [5, 5.41) is 12.8. The van der Waals surface area contributed by atoms with Crippen LogP contribution in [0.15, 0.2) is 30.3 Å². The first-order valence-corrected chi connectivity index (χ1v) is 6.03. The Bertz CT molecular complexity index is 380. The Labute approximate surface area is 101 Å². The van der Waals surface area contributed by atoms with Gasteiger partial charge in [-0.1, -0.05) is 25.1 Å². The number of nitrogens with zero attached hydrogens (tertiary/aromatic N) is 2. The van der Waals surface area contributed by atoms with Gasteiger partial charge in [-0.05, 0) is 18.6 Å². The number of hydrogen-bond acceptors (Lipinski definition) is 3. The highest BCUT2D eigenvalue weighted by atomic mass is 16.3. The average Bonchev–Trinajstić information content (AvgIpc) is 2.67. The van der Waals surface area contributed by atoms with Gasteiger partial charge in [0, 0.05) is 19.0 Å². The van der Waals surface area contributed by atoms with E-state index in [1.165, 1.54) is 0 Å². The summed E-state index contributed by atoms with van der Waals surface area (Å²) >= 11 is 0. The van der Waals surface area contributed by atoms with Crippen molar-refractivity contribution in [3.8, 4) is 0 Å². The number of carbonyl (C=O) groups excluding carboxylic acids is 1. The van der Waals surface area contributed by atoms with E-state index in [9.17, 15) is 4.79 Å². The predicted molar refractivity (Wildman–Crippen MR) is 66.4 cm³/mol. The van der Waals surface area contributed by atoms with Crippen molar-refractivity contribution in [2.45, 2.75) is 25.8 Å². The Morgan fingerprint density at radius 2 is 2.06 bits per heavy atom. The number of hydrogen-bond donors (Lipinski definition) is 1. The number of aliphatic hydroxyl groups excluding tert-OH is 1. The quantitative estimate of drug-likeness (QED) is 0.856. The number of rotatable bonds is 4. The second kappa shape index (κ2) is 5.29. The van der Waals surface area contributed by atoms with Crippen LogP contribution in [0.1, 0.15) is 19.8 Å². The van der Waals surface area contributed by atoms with Gasteiger partial charge in [-0.3, -0.25) is 4.79 Å². The molecule has 0 spiro atoms. The van der Waals surface area contributed by atoms with Gasteiger partial charge in [0.05, 0.1) is 12.3 Å². The Morgan fingerprint density at radius 3 is 2.65 bits per heavy atom. The van der Waals surface area contributed by atoms with Crippen LogP contribution in [0.2, 0.25) is 0 Å². The fourth-order valence-corrected chi connectivity index (χ4v) is 2.30. The molecule has 1 saturated heterocycles. The minimum Gasteiger partial charge on any atom is -0.395 e. The van der Waals surface area contributed by atoms with E-state index >= 15 is 0 Å². The largest absolute Gasteiger partial charge is 0.395 e. The Balaban J connectivity index is 2.27. The van der Waals surface area contributed by atoms with E-state index < -0.39 is 0 Å². The maximum absolute atomic E-state index is 12.0. The minimum atomic E-state index is 0.0626. The maximum Gasteiger partial charge on any atom is 0.243 e. The summed E-state index contributed by atoms with van der Waals surface area (Å²) in [6.45, 7) is 2.63. The number of carbonyl (C=O) groups is 1. The number of para-hydroxylation sites is 1. The minimum absolute atomic E-state index is 0.0626. The molecule has 1 aromatic rings. The molecular weight excluding hydrogens is 216 g/mol. The number of β-amino-alcohol motifs (C(OH)–C–C–N with tert-alkyl or cyclic N) is 1. The summed E-state index contributed by atoms with van der Waals surface area (Å²) in [4.78, 5) is 12.0. The van der Waals surface area contributed by atoms with Crippen LogP contribution < -0.4 is 5.01 Å². The average molecular weight is 234 g/mol. The summed E-state index contributed by atoms with van der Waals surface area (Å²) in [7, 11) is 0. The highest BCUT2D eigenvalue weighted by Gasteiger charge is 2.36. The number of benzene rings is 1. The zero-order chi connectivity index (χ0) is 12.3. The van der Waals surface area contributed by atoms with Crippen molar-refractivity contribution < 1.29 is 9.90 Å². The zero-order valence-corrected chi connectivity index (χ0v) is 10.0. The van der Waals surface area contributed by atoms with Gasteiger partial charge in [0.2, 0.25) is 5.91 Å². The van der Waals surface area contributed by atoms with Crippen LogP contribution in [0.25, 0.3) is 0 Å². The van der Waals surface area contributed by atoms with Gasteiger partial charge in [0.1, 0.15) is 0 Å². The third-order valence-electron chi connectivity index (χ3n) is 3.13. The molecule has 1 aliphatic heterocycles. The molecule has 0 aliphatic carbocycles. The molecule has 1 amide bonds. The normalized spacial score (nSPS) is 21.2. The first kappa shape index (κ1) is 12.1. The van der Waals surface area contributed by atoms with E-state index in [-0.39, 0.29) is 18.6 Å². The van der Waals surface area contributed by atoms with Crippen LogP contribution in [0.3, 0.4) is 0 Å². The molecule has 0 aromatic heterocycles. The van der Waals surface area contributed by atoms with Crippen molar-refractivity contribution >= 4 is 11.6 Å². The molecule has 0 saturated carbocycles. The van der Waals surface area contributed by atoms with Crippen LogP contribution in [0, 0.1) is 0 Å². The Kier molecular flexibility index (Phi) is 3.76. The molecule has 4 nitrogen and oxygen atoms in total. The van der Waals surface area contributed by atoms with Crippen LogP contribution in [-0.4, -0.2) is 35.2 Å². The molecule has 1 heterocycles. The van der Waals surface area contributed by atoms with Crippen molar-refractivity contribution in [3.63, 3.8) is 0 Å². The van der Waals surface area contributed by atoms with Gasteiger partial charge in [0.25, 0.3) is 0 Å². The molecular formula is C13H18N2O2. The highest BCUT2D eigenvalue weighted by molar-refractivity contribution is 5.94. The summed E-state index contributed by atoms with van der Waals surface area (Å²) in [6, 6.07) is 9.80. The number of aliphatic hydroxyl groups is 1. The predicted octanol–water partition coefficient (Wildman–Crippen LogP) is 1.41. The van der Waals surface area contributed by atoms with E-state index in [0.717, 1.165) is 12.1 Å². The summed E-state index contributed by atoms with van der Waals surface area (Å²) in [5.41, 5.74) is 0.877. The SMILES string of the molecule is CCC1CC(=O)N(c2ccccc2)N1CCO. The molecule has 1 unspecified atom stereocenters. The van der Waals surface area contributed by atoms with Gasteiger partial charge < -0.3 is 5.11 Å². The topological polar surface area (TPSA) is 43.8 Å². The summed E-state index contributed by atoms with van der Waals surface area (Å²) < 4.78 is 0. The third-order valence-corrected chi connectivity index (χ3v) is 3.13. The molecule has 1 atom stereocenters. The molecule has 2 rings (SSSR count). The first-order valence-electron chi connectivity index (χ1n) is 6.03. The fourth-order valence-electron chi connectivity index (χ4n) is 2.30. The fraction of sp³-hybridized carbons (Fsp3) is 0.462. The molecule has 4 heteroatoms. The second-order valence-electron chi connectivity index (χ2n) is 4.19. The molecule has 1 aromatic carbocycles. The maximum atomic E-state index is 12.0. The Morgan fingerprint density at radius 1 is 1.35 bits per heavy atom. The van der Waals surface area contributed by atoms with Crippen molar-refractivity contribution in [3.05, 3.63) is 30.3 Å². The van der Waals surface area contributed by atoms with Crippen LogP contribution >= 0.6 is 0 Å². The monoisotopic (exact) mass is 234 g/mol. The molecule has 0 radical (unpaired) electrons. The lowest BCUT2D eigenvalue weighted by Gasteiger charge is -2.31. The van der Waals surface area contributed by atoms with Gasteiger partial charge >= 0.3 is 0 Å². The summed E-state index contributed by atoms with van der Waals surface area (Å²) in [6.07, 6.45) is 1.44. The van der Waals surface area contributed by atoms with E-state index in [0.29, 0.717) is 13.0 Å². The zero-order valence-electron chi connectivity index (χ0n) is 10.0. The van der Waals surface area contributed by atoms with Gasteiger partial charge in [-0.2, -0.15) is 0 Å². The van der Waals surface area contributed by atoms with E-state index in [1.807, 2.05) is 35.3 Å². The van der Waals surface area contributed by atoms with Crippen molar-refractivity contribution in [2.24, 2.45) is 0 Å². The van der Waals surface area contributed by atoms with E-state index in [1.54, 1.807) is 5.01 Å². The molecule has 1 fully saturated rings. The van der Waals surface area contributed by atoms with Crippen molar-refractivity contribution in [1.82, 2.24) is 5.01 Å². The van der Waals surface area contributed by atoms with Crippen LogP contribution in [-0.2, 0) is 4.79 Å². The van der Waals surface area contributed by atoms with E-state index in [2.05, 4.69) is 6.92 Å². The third kappa shape index (κ3) is 2.33. The van der Waals surface area contributed by atoms with Gasteiger partial charge in [-0.25, -0.2) is 10.0 Å². The van der Waals surface area contributed by atoms with Crippen molar-refractivity contribution in [1.29, 1.82) is 0 Å². The smallest absolute Gasteiger partial charge is 0.243 e. The van der Waals surface area contributed by atoms with E-state index in [4.69, 9.17) is 5.11 Å². The number of hydrazine groups is 1. The number of anilines is 1. The highest BCUT2D eigenvalue weighted by Crippen LogP contribution is 2.27. The van der Waals surface area contributed by atoms with Crippen molar-refractivity contribution in [2.75, 3.05) is 18.2 Å². The molecule has 0 bridgehead atoms. The molecule has 17 heavy (non-hydrogen) atoms. The first-order chi connectivity index (χ1) is 8.27. The second-order valence-corrected chi connectivity index (χ2v) is 4.19. The lowest BCUT2D eigenvalue weighted by Crippen LogP contribution is -2.44.